The molecule has 1 fully saturated rings. The molecule has 1 heterocycles. The maximum atomic E-state index is 12.7. The summed E-state index contributed by atoms with van der Waals surface area (Å²) in [6.07, 6.45) is 1.65. The predicted octanol–water partition coefficient (Wildman–Crippen LogP) is 2.17. The van der Waals surface area contributed by atoms with Crippen molar-refractivity contribution in [3.8, 4) is 0 Å². The lowest BCUT2D eigenvalue weighted by atomic mass is 9.96. The molecule has 1 aliphatic heterocycles. The minimum atomic E-state index is -0.768. The summed E-state index contributed by atoms with van der Waals surface area (Å²) >= 11 is 0. The van der Waals surface area contributed by atoms with Crippen molar-refractivity contribution >= 4 is 23.8 Å². The number of piperazine rings is 1. The van der Waals surface area contributed by atoms with E-state index in [1.807, 2.05) is 45.9 Å². The normalized spacial score (nSPS) is 20.2. The number of carbonyl (C=O) groups excluding carboxylic acids is 3. The zero-order chi connectivity index (χ0) is 17.3. The van der Waals surface area contributed by atoms with Crippen LogP contribution in [0, 0.1) is 19.8 Å². The number of hydrogen-bond acceptors (Lipinski definition) is 3. The quantitative estimate of drug-likeness (QED) is 0.851. The maximum absolute atomic E-state index is 12.7. The summed E-state index contributed by atoms with van der Waals surface area (Å²) in [6.45, 7) is 8.81. The van der Waals surface area contributed by atoms with E-state index in [0.717, 1.165) is 21.6 Å². The molecule has 1 aromatic carbocycles. The average molecular weight is 314 g/mol. The second-order valence-electron chi connectivity index (χ2n) is 6.24. The van der Waals surface area contributed by atoms with E-state index in [-0.39, 0.29) is 17.5 Å². The average Bonchev–Trinajstić information content (AvgIpc) is 2.44. The van der Waals surface area contributed by atoms with Gasteiger partial charge in [-0.15, -0.1) is 0 Å². The van der Waals surface area contributed by atoms with Crippen LogP contribution in [0.3, 0.4) is 0 Å². The van der Waals surface area contributed by atoms with E-state index >= 15 is 0 Å². The summed E-state index contributed by atoms with van der Waals surface area (Å²) in [7, 11) is 0. The highest BCUT2D eigenvalue weighted by molar-refractivity contribution is 6.14. The van der Waals surface area contributed by atoms with Crippen LogP contribution < -0.4 is 5.32 Å². The zero-order valence-electron chi connectivity index (χ0n) is 14.1. The molecule has 0 bridgehead atoms. The van der Waals surface area contributed by atoms with Crippen molar-refractivity contribution in [2.24, 2.45) is 5.92 Å². The van der Waals surface area contributed by atoms with Crippen LogP contribution in [0.15, 0.2) is 23.9 Å². The Kier molecular flexibility index (Phi) is 4.68. The topological polar surface area (TPSA) is 66.5 Å². The third-order valence-electron chi connectivity index (χ3n) is 4.06. The van der Waals surface area contributed by atoms with Crippen molar-refractivity contribution in [2.75, 3.05) is 0 Å². The van der Waals surface area contributed by atoms with Crippen LogP contribution in [0.5, 0.6) is 0 Å². The smallest absolute Gasteiger partial charge is 0.277 e. The Labute approximate surface area is 136 Å². The Balaban J connectivity index is 2.50. The van der Waals surface area contributed by atoms with Gasteiger partial charge in [0, 0.05) is 6.92 Å². The molecule has 0 saturated carbocycles. The largest absolute Gasteiger partial charge is 0.320 e. The van der Waals surface area contributed by atoms with Gasteiger partial charge in [0.2, 0.25) is 11.8 Å². The van der Waals surface area contributed by atoms with E-state index in [9.17, 15) is 14.4 Å². The Hall–Kier alpha value is -2.43. The Morgan fingerprint density at radius 1 is 1.22 bits per heavy atom. The van der Waals surface area contributed by atoms with Gasteiger partial charge in [-0.25, -0.2) is 0 Å². The van der Waals surface area contributed by atoms with Gasteiger partial charge in [0.05, 0.1) is 0 Å². The number of aryl methyl sites for hydroxylation is 2. The summed E-state index contributed by atoms with van der Waals surface area (Å²) in [6, 6.07) is 5.04. The van der Waals surface area contributed by atoms with Crippen LogP contribution in [-0.4, -0.2) is 28.7 Å². The molecule has 0 unspecified atom stereocenters. The van der Waals surface area contributed by atoms with Crippen LogP contribution in [0.25, 0.3) is 6.08 Å². The summed E-state index contributed by atoms with van der Waals surface area (Å²) in [5.74, 6) is -1.36. The van der Waals surface area contributed by atoms with Crippen LogP contribution >= 0.6 is 0 Å². The van der Waals surface area contributed by atoms with E-state index in [0.29, 0.717) is 0 Å². The monoisotopic (exact) mass is 314 g/mol. The van der Waals surface area contributed by atoms with Crippen LogP contribution in [0.2, 0.25) is 0 Å². The number of amides is 3. The first-order chi connectivity index (χ1) is 10.7. The van der Waals surface area contributed by atoms with E-state index in [1.54, 1.807) is 6.08 Å². The number of benzene rings is 1. The number of carbonyl (C=O) groups is 3. The third kappa shape index (κ3) is 3.18. The SMILES string of the molecule is CC(=O)N1C(=O)/C(=C/c2c(C)cccc2C)NC(=O)[C@@H]1C(C)C. The minimum Gasteiger partial charge on any atom is -0.320 e. The Bertz CT molecular complexity index is 684. The highest BCUT2D eigenvalue weighted by Gasteiger charge is 2.41. The first-order valence-electron chi connectivity index (χ1n) is 7.67. The molecule has 122 valence electrons. The highest BCUT2D eigenvalue weighted by atomic mass is 16.2. The van der Waals surface area contributed by atoms with Gasteiger partial charge in [0.1, 0.15) is 11.7 Å². The van der Waals surface area contributed by atoms with Gasteiger partial charge in [-0.05, 0) is 42.5 Å². The maximum Gasteiger partial charge on any atom is 0.277 e. The van der Waals surface area contributed by atoms with Gasteiger partial charge >= 0.3 is 0 Å². The lowest BCUT2D eigenvalue weighted by Gasteiger charge is -2.36. The number of imide groups is 1. The van der Waals surface area contributed by atoms with Crippen molar-refractivity contribution < 1.29 is 14.4 Å². The minimum absolute atomic E-state index is 0.138. The van der Waals surface area contributed by atoms with Crippen LogP contribution in [0.4, 0.5) is 0 Å². The summed E-state index contributed by atoms with van der Waals surface area (Å²) in [4.78, 5) is 38.0. The van der Waals surface area contributed by atoms with Crippen molar-refractivity contribution in [1.82, 2.24) is 10.2 Å². The number of nitrogens with zero attached hydrogens (tertiary/aromatic N) is 1. The molecule has 23 heavy (non-hydrogen) atoms. The molecule has 1 aliphatic rings. The second-order valence-corrected chi connectivity index (χ2v) is 6.24. The molecule has 1 saturated heterocycles. The fourth-order valence-corrected chi connectivity index (χ4v) is 2.87. The van der Waals surface area contributed by atoms with Gasteiger partial charge in [0.15, 0.2) is 0 Å². The summed E-state index contributed by atoms with van der Waals surface area (Å²) in [5.41, 5.74) is 3.02. The van der Waals surface area contributed by atoms with Gasteiger partial charge in [-0.2, -0.15) is 0 Å². The molecule has 0 spiro atoms. The van der Waals surface area contributed by atoms with E-state index in [4.69, 9.17) is 0 Å². The standard InChI is InChI=1S/C18H22N2O3/c1-10(2)16-17(22)19-15(18(23)20(16)13(5)21)9-14-11(3)7-6-8-12(14)4/h6-10,16H,1-5H3,(H,19,22)/b15-9-/t16-/m0/s1. The molecule has 5 nitrogen and oxygen atoms in total. The molecule has 0 aliphatic carbocycles. The summed E-state index contributed by atoms with van der Waals surface area (Å²) < 4.78 is 0. The van der Waals surface area contributed by atoms with Gasteiger partial charge in [0.25, 0.3) is 5.91 Å². The molecular formula is C18H22N2O3. The van der Waals surface area contributed by atoms with Crippen molar-refractivity contribution in [2.45, 2.75) is 40.7 Å². The second kappa shape index (κ2) is 6.36. The molecule has 5 heteroatoms. The molecule has 2 rings (SSSR count). The van der Waals surface area contributed by atoms with E-state index in [1.165, 1.54) is 6.92 Å². The van der Waals surface area contributed by atoms with Crippen molar-refractivity contribution in [3.63, 3.8) is 0 Å². The lowest BCUT2D eigenvalue weighted by molar-refractivity contribution is -0.153. The Morgan fingerprint density at radius 2 is 1.78 bits per heavy atom. The number of hydrogen-bond donors (Lipinski definition) is 1. The predicted molar refractivity (Wildman–Crippen MR) is 88.2 cm³/mol. The molecule has 3 amide bonds. The van der Waals surface area contributed by atoms with Crippen molar-refractivity contribution in [1.29, 1.82) is 0 Å². The summed E-state index contributed by atoms with van der Waals surface area (Å²) in [5, 5.41) is 2.66. The third-order valence-corrected chi connectivity index (χ3v) is 4.06. The lowest BCUT2D eigenvalue weighted by Crippen LogP contribution is -2.60. The van der Waals surface area contributed by atoms with Gasteiger partial charge in [-0.1, -0.05) is 32.0 Å². The number of rotatable bonds is 2. The van der Waals surface area contributed by atoms with E-state index < -0.39 is 17.9 Å². The number of nitrogens with one attached hydrogen (secondary N) is 1. The van der Waals surface area contributed by atoms with Gasteiger partial charge in [-0.3, -0.25) is 19.3 Å². The molecule has 0 aromatic heterocycles. The van der Waals surface area contributed by atoms with E-state index in [2.05, 4.69) is 5.32 Å². The van der Waals surface area contributed by atoms with Gasteiger partial charge < -0.3 is 5.32 Å². The molecular weight excluding hydrogens is 292 g/mol. The highest BCUT2D eigenvalue weighted by Crippen LogP contribution is 2.23. The molecule has 1 N–H and O–H groups in total. The first kappa shape index (κ1) is 16.9. The fourth-order valence-electron chi connectivity index (χ4n) is 2.87. The Morgan fingerprint density at radius 3 is 2.26 bits per heavy atom. The fraction of sp³-hybridized carbons (Fsp3) is 0.389. The van der Waals surface area contributed by atoms with Crippen molar-refractivity contribution in [3.05, 3.63) is 40.6 Å². The van der Waals surface area contributed by atoms with Crippen LogP contribution in [0.1, 0.15) is 37.5 Å². The molecule has 0 radical (unpaired) electrons. The molecule has 1 aromatic rings. The first-order valence-corrected chi connectivity index (χ1v) is 7.67. The van der Waals surface area contributed by atoms with Crippen LogP contribution in [-0.2, 0) is 14.4 Å². The zero-order valence-corrected chi connectivity index (χ0v) is 14.1. The molecule has 1 atom stereocenters.